The fraction of sp³-hybridized carbons (Fsp3) is 0.571. The zero-order valence-corrected chi connectivity index (χ0v) is 12.9. The molecule has 4 nitrogen and oxygen atoms in total. The monoisotopic (exact) mass is 282 g/mol. The van der Waals surface area contributed by atoms with Gasteiger partial charge in [0.15, 0.2) is 0 Å². The molecule has 2 rings (SSSR count). The number of hydrogen-bond acceptors (Lipinski definition) is 2. The standard InChI is InChI=1S/C14H22N2O2S/c1-11(2)13-6-5-12-7-8-16(10-14(12)9-13)19(17,18)15(3)4/h5-6,9,11H,7-8,10H2,1-4H3. The lowest BCUT2D eigenvalue weighted by Crippen LogP contribution is -2.42. The van der Waals surface area contributed by atoms with Crippen LogP contribution in [0, 0.1) is 0 Å². The van der Waals surface area contributed by atoms with Gasteiger partial charge in [-0.25, -0.2) is 0 Å². The maximum atomic E-state index is 12.2. The third-order valence-corrected chi connectivity index (χ3v) is 5.55. The average Bonchev–Trinajstić information content (AvgIpc) is 2.37. The summed E-state index contributed by atoms with van der Waals surface area (Å²) in [6.45, 7) is 5.35. The summed E-state index contributed by atoms with van der Waals surface area (Å²) in [7, 11) is -0.152. The van der Waals surface area contributed by atoms with Gasteiger partial charge in [-0.05, 0) is 29.0 Å². The van der Waals surface area contributed by atoms with Gasteiger partial charge in [0.2, 0.25) is 0 Å². The van der Waals surface area contributed by atoms with Crippen LogP contribution in [0.3, 0.4) is 0 Å². The fourth-order valence-corrected chi connectivity index (χ4v) is 3.42. The summed E-state index contributed by atoms with van der Waals surface area (Å²) < 4.78 is 27.2. The average molecular weight is 282 g/mol. The first-order valence-corrected chi connectivity index (χ1v) is 8.01. The Kier molecular flexibility index (Phi) is 3.99. The van der Waals surface area contributed by atoms with E-state index in [2.05, 4.69) is 32.0 Å². The molecule has 0 N–H and O–H groups in total. The van der Waals surface area contributed by atoms with Gasteiger partial charge in [-0.1, -0.05) is 32.0 Å². The Labute approximate surface area is 116 Å². The zero-order chi connectivity index (χ0) is 14.2. The van der Waals surface area contributed by atoms with Crippen LogP contribution in [0.2, 0.25) is 0 Å². The smallest absolute Gasteiger partial charge is 0.195 e. The van der Waals surface area contributed by atoms with Crippen molar-refractivity contribution in [3.63, 3.8) is 0 Å². The molecule has 0 bridgehead atoms. The third kappa shape index (κ3) is 2.83. The predicted octanol–water partition coefficient (Wildman–Crippen LogP) is 1.97. The molecule has 0 spiro atoms. The Morgan fingerprint density at radius 2 is 1.89 bits per heavy atom. The van der Waals surface area contributed by atoms with Crippen molar-refractivity contribution in [1.82, 2.24) is 8.61 Å². The molecule has 5 heteroatoms. The minimum atomic E-state index is -3.31. The number of fused-ring (bicyclic) bond motifs is 1. The van der Waals surface area contributed by atoms with E-state index in [0.717, 1.165) is 12.0 Å². The molecule has 1 aromatic carbocycles. The van der Waals surface area contributed by atoms with Gasteiger partial charge in [-0.2, -0.15) is 17.0 Å². The lowest BCUT2D eigenvalue weighted by atomic mass is 9.94. The molecule has 0 aliphatic carbocycles. The second kappa shape index (κ2) is 5.23. The van der Waals surface area contributed by atoms with Crippen LogP contribution in [-0.4, -0.2) is 37.7 Å². The summed E-state index contributed by atoms with van der Waals surface area (Å²) in [5.41, 5.74) is 3.68. The fourth-order valence-electron chi connectivity index (χ4n) is 2.34. The summed E-state index contributed by atoms with van der Waals surface area (Å²) in [6.07, 6.45) is 0.792. The van der Waals surface area contributed by atoms with E-state index in [9.17, 15) is 8.42 Å². The first kappa shape index (κ1) is 14.5. The van der Waals surface area contributed by atoms with Crippen LogP contribution in [0.25, 0.3) is 0 Å². The molecule has 0 saturated heterocycles. The first-order valence-electron chi connectivity index (χ1n) is 6.61. The van der Waals surface area contributed by atoms with Gasteiger partial charge in [0.25, 0.3) is 10.2 Å². The molecule has 0 fully saturated rings. The van der Waals surface area contributed by atoms with Gasteiger partial charge >= 0.3 is 0 Å². The molecule has 0 amide bonds. The summed E-state index contributed by atoms with van der Waals surface area (Å²) in [5.74, 6) is 0.464. The van der Waals surface area contributed by atoms with Gasteiger partial charge in [0.1, 0.15) is 0 Å². The molecule has 1 heterocycles. The van der Waals surface area contributed by atoms with Crippen LogP contribution in [0.15, 0.2) is 18.2 Å². The van der Waals surface area contributed by atoms with E-state index in [1.54, 1.807) is 18.4 Å². The Bertz CT molecular complexity index is 565. The lowest BCUT2D eigenvalue weighted by molar-refractivity contribution is 0.358. The predicted molar refractivity (Wildman–Crippen MR) is 77.3 cm³/mol. The van der Waals surface area contributed by atoms with Crippen molar-refractivity contribution in [2.24, 2.45) is 0 Å². The molecule has 0 atom stereocenters. The molecular weight excluding hydrogens is 260 g/mol. The van der Waals surface area contributed by atoms with E-state index in [1.165, 1.54) is 15.4 Å². The SMILES string of the molecule is CC(C)c1ccc2c(c1)CN(S(=O)(=O)N(C)C)CC2. The lowest BCUT2D eigenvalue weighted by Gasteiger charge is -2.30. The highest BCUT2D eigenvalue weighted by Gasteiger charge is 2.28. The molecule has 19 heavy (non-hydrogen) atoms. The van der Waals surface area contributed by atoms with Crippen LogP contribution in [0.4, 0.5) is 0 Å². The van der Waals surface area contributed by atoms with Gasteiger partial charge in [0, 0.05) is 27.2 Å². The van der Waals surface area contributed by atoms with Crippen molar-refractivity contribution in [2.45, 2.75) is 32.7 Å². The van der Waals surface area contributed by atoms with Crippen LogP contribution >= 0.6 is 0 Å². The van der Waals surface area contributed by atoms with Crippen LogP contribution in [0.5, 0.6) is 0 Å². The van der Waals surface area contributed by atoms with Crippen LogP contribution in [-0.2, 0) is 23.2 Å². The Morgan fingerprint density at radius 1 is 1.21 bits per heavy atom. The molecule has 0 aromatic heterocycles. The molecule has 1 aliphatic heterocycles. The third-order valence-electron chi connectivity index (χ3n) is 3.66. The molecule has 1 aromatic rings. The van der Waals surface area contributed by atoms with E-state index in [4.69, 9.17) is 0 Å². The molecule has 106 valence electrons. The highest BCUT2D eigenvalue weighted by atomic mass is 32.2. The van der Waals surface area contributed by atoms with Crippen molar-refractivity contribution >= 4 is 10.2 Å². The second-order valence-corrected chi connectivity index (χ2v) is 7.70. The normalized spacial score (nSPS) is 16.9. The topological polar surface area (TPSA) is 40.6 Å². The second-order valence-electron chi connectivity index (χ2n) is 5.56. The quantitative estimate of drug-likeness (QED) is 0.850. The zero-order valence-electron chi connectivity index (χ0n) is 12.0. The maximum Gasteiger partial charge on any atom is 0.281 e. The largest absolute Gasteiger partial charge is 0.281 e. The van der Waals surface area contributed by atoms with Crippen LogP contribution < -0.4 is 0 Å². The van der Waals surface area contributed by atoms with Crippen molar-refractivity contribution in [3.05, 3.63) is 34.9 Å². The molecular formula is C14H22N2O2S. The van der Waals surface area contributed by atoms with Crippen molar-refractivity contribution in [3.8, 4) is 0 Å². The Hall–Kier alpha value is -0.910. The van der Waals surface area contributed by atoms with Crippen molar-refractivity contribution in [2.75, 3.05) is 20.6 Å². The van der Waals surface area contributed by atoms with Gasteiger partial charge in [-0.15, -0.1) is 0 Å². The Morgan fingerprint density at radius 3 is 2.47 bits per heavy atom. The number of benzene rings is 1. The molecule has 0 unspecified atom stereocenters. The number of nitrogens with zero attached hydrogens (tertiary/aromatic N) is 2. The maximum absolute atomic E-state index is 12.2. The van der Waals surface area contributed by atoms with E-state index >= 15 is 0 Å². The highest BCUT2D eigenvalue weighted by molar-refractivity contribution is 7.86. The van der Waals surface area contributed by atoms with Gasteiger partial charge in [-0.3, -0.25) is 0 Å². The van der Waals surface area contributed by atoms with E-state index in [1.807, 2.05) is 0 Å². The summed E-state index contributed by atoms with van der Waals surface area (Å²) >= 11 is 0. The van der Waals surface area contributed by atoms with Gasteiger partial charge in [0.05, 0.1) is 0 Å². The van der Waals surface area contributed by atoms with E-state index < -0.39 is 10.2 Å². The molecule has 0 saturated carbocycles. The number of hydrogen-bond donors (Lipinski definition) is 0. The summed E-state index contributed by atoms with van der Waals surface area (Å²) in [6, 6.07) is 6.45. The highest BCUT2D eigenvalue weighted by Crippen LogP contribution is 2.25. The minimum absolute atomic E-state index is 0.464. The number of rotatable bonds is 3. The molecule has 1 aliphatic rings. The minimum Gasteiger partial charge on any atom is -0.195 e. The van der Waals surface area contributed by atoms with Gasteiger partial charge < -0.3 is 0 Å². The van der Waals surface area contributed by atoms with E-state index in [0.29, 0.717) is 19.0 Å². The van der Waals surface area contributed by atoms with Crippen molar-refractivity contribution < 1.29 is 8.42 Å². The van der Waals surface area contributed by atoms with Crippen LogP contribution in [0.1, 0.15) is 36.5 Å². The van der Waals surface area contributed by atoms with E-state index in [-0.39, 0.29) is 0 Å². The first-order chi connectivity index (χ1) is 8.82. The Balaban J connectivity index is 2.30. The summed E-state index contributed by atoms with van der Waals surface area (Å²) in [5, 5.41) is 0. The molecule has 0 radical (unpaired) electrons. The summed E-state index contributed by atoms with van der Waals surface area (Å²) in [4.78, 5) is 0. The van der Waals surface area contributed by atoms with Crippen molar-refractivity contribution in [1.29, 1.82) is 0 Å².